The molecule has 104 valence electrons. The fraction of sp³-hybridized carbons (Fsp3) is 0.400. The summed E-state index contributed by atoms with van der Waals surface area (Å²) in [6.07, 6.45) is 0.507. The lowest BCUT2D eigenvalue weighted by molar-refractivity contribution is -0.143. The van der Waals surface area contributed by atoms with Crippen LogP contribution in [0.4, 0.5) is 0 Å². The molecule has 0 aliphatic carbocycles. The van der Waals surface area contributed by atoms with Gasteiger partial charge < -0.3 is 20.1 Å². The van der Waals surface area contributed by atoms with E-state index in [2.05, 4.69) is 11.3 Å². The maximum Gasteiger partial charge on any atom is 0.307 e. The number of rotatable bonds is 4. The maximum atomic E-state index is 9.75. The molecule has 0 aromatic heterocycles. The average molecular weight is 264 g/mol. The van der Waals surface area contributed by atoms with Crippen LogP contribution in [0.5, 0.6) is 0 Å². The Labute approximate surface area is 103 Å². The number of carboxylic acid groups (broad SMARTS) is 3. The molecule has 0 aliphatic heterocycles. The Morgan fingerprint density at radius 1 is 1.00 bits per heavy atom. The van der Waals surface area contributed by atoms with E-state index in [4.69, 9.17) is 20.1 Å². The predicted octanol–water partition coefficient (Wildman–Crippen LogP) is 0.720. The second kappa shape index (κ2) is 14.6. The van der Waals surface area contributed by atoms with Crippen molar-refractivity contribution < 1.29 is 39.2 Å². The predicted molar refractivity (Wildman–Crippen MR) is 59.8 cm³/mol. The smallest absolute Gasteiger partial charge is 0.307 e. The maximum absolute atomic E-state index is 9.75. The molecule has 0 heterocycles. The van der Waals surface area contributed by atoms with Crippen molar-refractivity contribution in [1.29, 1.82) is 0 Å². The highest BCUT2D eigenvalue weighted by atomic mass is 16.5. The average Bonchev–Trinajstić information content (AvgIpc) is 2.14. The van der Waals surface area contributed by atoms with E-state index in [0.717, 1.165) is 13.2 Å². The van der Waals surface area contributed by atoms with Gasteiger partial charge in [0.1, 0.15) is 0 Å². The summed E-state index contributed by atoms with van der Waals surface area (Å²) in [5.41, 5.74) is 0. The molecular formula is C10H16O8. The van der Waals surface area contributed by atoms with Crippen LogP contribution in [0.1, 0.15) is 26.7 Å². The zero-order valence-corrected chi connectivity index (χ0v) is 10.1. The van der Waals surface area contributed by atoms with Gasteiger partial charge in [-0.2, -0.15) is 0 Å². The molecule has 3 N–H and O–H groups in total. The molecule has 0 spiro atoms. The fourth-order valence-electron chi connectivity index (χ4n) is 0.331. The zero-order chi connectivity index (χ0) is 15.1. The first-order chi connectivity index (χ1) is 8.13. The van der Waals surface area contributed by atoms with E-state index in [-0.39, 0.29) is 18.8 Å². The second-order valence-corrected chi connectivity index (χ2v) is 2.58. The number of carboxylic acids is 3. The van der Waals surface area contributed by atoms with Gasteiger partial charge in [0, 0.05) is 13.8 Å². The molecule has 0 aromatic carbocycles. The van der Waals surface area contributed by atoms with Gasteiger partial charge in [0.05, 0.1) is 19.1 Å². The van der Waals surface area contributed by atoms with E-state index >= 15 is 0 Å². The zero-order valence-electron chi connectivity index (χ0n) is 10.1. The van der Waals surface area contributed by atoms with Crippen LogP contribution in [-0.2, 0) is 23.9 Å². The number of aliphatic carboxylic acids is 3. The molecule has 0 unspecified atom stereocenters. The van der Waals surface area contributed by atoms with Crippen LogP contribution < -0.4 is 0 Å². The first kappa shape index (κ1) is 21.0. The van der Waals surface area contributed by atoms with Crippen molar-refractivity contribution in [2.75, 3.05) is 0 Å². The van der Waals surface area contributed by atoms with Crippen molar-refractivity contribution >= 4 is 23.9 Å². The van der Waals surface area contributed by atoms with Crippen LogP contribution >= 0.6 is 0 Å². The minimum atomic E-state index is -1.08. The lowest BCUT2D eigenvalue weighted by Crippen LogP contribution is -2.00. The van der Waals surface area contributed by atoms with Gasteiger partial charge in [0.2, 0.25) is 0 Å². The summed E-state index contributed by atoms with van der Waals surface area (Å²) >= 11 is 0. The van der Waals surface area contributed by atoms with Crippen LogP contribution in [0.15, 0.2) is 12.8 Å². The van der Waals surface area contributed by atoms with E-state index in [9.17, 15) is 14.4 Å². The van der Waals surface area contributed by atoms with E-state index in [1.807, 2.05) is 0 Å². The van der Waals surface area contributed by atoms with Gasteiger partial charge in [-0.05, 0) is 0 Å². The summed E-state index contributed by atoms with van der Waals surface area (Å²) in [7, 11) is 0. The Hall–Kier alpha value is -2.38. The topological polar surface area (TPSA) is 138 Å². The first-order valence-corrected chi connectivity index (χ1v) is 4.54. The van der Waals surface area contributed by atoms with Gasteiger partial charge in [-0.1, -0.05) is 6.58 Å². The number of esters is 1. The highest BCUT2D eigenvalue weighted by Gasteiger charge is 2.00. The molecule has 18 heavy (non-hydrogen) atoms. The lowest BCUT2D eigenvalue weighted by Gasteiger charge is -1.85. The third-order valence-corrected chi connectivity index (χ3v) is 0.802. The normalized spacial score (nSPS) is 7.44. The largest absolute Gasteiger partial charge is 0.481 e. The Balaban J connectivity index is -0.000000200. The highest BCUT2D eigenvalue weighted by molar-refractivity contribution is 5.75. The molecule has 0 saturated heterocycles. The summed E-state index contributed by atoms with van der Waals surface area (Å²) in [6, 6.07) is 0. The highest BCUT2D eigenvalue weighted by Crippen LogP contribution is 1.86. The summed E-state index contributed by atoms with van der Waals surface area (Å²) in [5, 5.41) is 23.2. The number of ether oxygens (including phenoxy) is 1. The molecule has 0 aliphatic rings. The number of hydrogen-bond donors (Lipinski definition) is 3. The van der Waals surface area contributed by atoms with E-state index in [1.165, 1.54) is 6.92 Å². The van der Waals surface area contributed by atoms with E-state index in [0.29, 0.717) is 0 Å². The summed E-state index contributed by atoms with van der Waals surface area (Å²) < 4.78 is 4.17. The van der Waals surface area contributed by atoms with Gasteiger partial charge in [-0.3, -0.25) is 19.2 Å². The standard InChI is InChI=1S/C4H6O4.C4H6O2.C2H4O2/c5-3(6)1-2-4(7)8;1-3-6-4(2)5;1-2(3)4/h1-2H2,(H,5,6)(H,7,8);3H,1H2,2H3;1H3,(H,3,4). The van der Waals surface area contributed by atoms with Crippen molar-refractivity contribution in [3.63, 3.8) is 0 Å². The van der Waals surface area contributed by atoms with Gasteiger partial charge in [-0.15, -0.1) is 0 Å². The summed E-state index contributed by atoms with van der Waals surface area (Å²) in [4.78, 5) is 38.0. The lowest BCUT2D eigenvalue weighted by atomic mass is 10.3. The Kier molecular flexibility index (Phi) is 17.0. The van der Waals surface area contributed by atoms with Crippen LogP contribution in [0.25, 0.3) is 0 Å². The van der Waals surface area contributed by atoms with Crippen LogP contribution in [0.2, 0.25) is 0 Å². The molecule has 0 rings (SSSR count). The molecule has 0 radical (unpaired) electrons. The molecule has 0 fully saturated rings. The first-order valence-electron chi connectivity index (χ1n) is 4.54. The van der Waals surface area contributed by atoms with Crippen LogP contribution in [-0.4, -0.2) is 39.2 Å². The summed E-state index contributed by atoms with van der Waals surface area (Å²) in [5.74, 6) is -3.31. The van der Waals surface area contributed by atoms with Crippen molar-refractivity contribution in [1.82, 2.24) is 0 Å². The van der Waals surface area contributed by atoms with Crippen molar-refractivity contribution in [3.8, 4) is 0 Å². The molecule has 0 atom stereocenters. The Morgan fingerprint density at radius 3 is 1.33 bits per heavy atom. The van der Waals surface area contributed by atoms with E-state index in [1.54, 1.807) is 0 Å². The number of carbonyl (C=O) groups is 4. The van der Waals surface area contributed by atoms with Crippen LogP contribution in [0, 0.1) is 0 Å². The molecule has 8 nitrogen and oxygen atoms in total. The molecule has 0 amide bonds. The number of hydrogen-bond acceptors (Lipinski definition) is 5. The Bertz CT molecular complexity index is 276. The monoisotopic (exact) mass is 264 g/mol. The third-order valence-electron chi connectivity index (χ3n) is 0.802. The summed E-state index contributed by atoms with van der Waals surface area (Å²) in [6.45, 7) is 5.56. The van der Waals surface area contributed by atoms with Crippen LogP contribution in [0.3, 0.4) is 0 Å². The van der Waals surface area contributed by atoms with E-state index < -0.39 is 17.9 Å². The third kappa shape index (κ3) is 68.7. The van der Waals surface area contributed by atoms with Gasteiger partial charge in [0.15, 0.2) is 0 Å². The molecule has 0 aromatic rings. The van der Waals surface area contributed by atoms with Crippen molar-refractivity contribution in [2.24, 2.45) is 0 Å². The quantitative estimate of drug-likeness (QED) is 0.498. The van der Waals surface area contributed by atoms with Gasteiger partial charge in [-0.25, -0.2) is 0 Å². The minimum Gasteiger partial charge on any atom is -0.481 e. The SMILES string of the molecule is C=COC(C)=O.CC(=O)O.O=C(O)CCC(=O)O. The number of carbonyl (C=O) groups excluding carboxylic acids is 1. The van der Waals surface area contributed by atoms with Gasteiger partial charge >= 0.3 is 17.9 Å². The van der Waals surface area contributed by atoms with Crippen molar-refractivity contribution in [2.45, 2.75) is 26.7 Å². The molecule has 0 bridgehead atoms. The molecular weight excluding hydrogens is 248 g/mol. The van der Waals surface area contributed by atoms with Gasteiger partial charge in [0.25, 0.3) is 5.97 Å². The molecule has 8 heteroatoms. The Morgan fingerprint density at radius 2 is 1.28 bits per heavy atom. The molecule has 0 saturated carbocycles. The minimum absolute atomic E-state index is 0.296. The van der Waals surface area contributed by atoms with Crippen molar-refractivity contribution in [3.05, 3.63) is 12.8 Å². The second-order valence-electron chi connectivity index (χ2n) is 2.58. The fourth-order valence-corrected chi connectivity index (χ4v) is 0.331.